The summed E-state index contributed by atoms with van der Waals surface area (Å²) in [5.41, 5.74) is 13.2. The maximum atomic E-state index is 2.58. The number of benzene rings is 7. The normalized spacial score (nSPS) is 13.5. The van der Waals surface area contributed by atoms with Crippen molar-refractivity contribution in [1.29, 1.82) is 0 Å². The zero-order valence-corrected chi connectivity index (χ0v) is 31.7. The van der Waals surface area contributed by atoms with Gasteiger partial charge >= 0.3 is 0 Å². The maximum Gasteiger partial charge on any atom is 0.0635 e. The van der Waals surface area contributed by atoms with Crippen molar-refractivity contribution in [3.63, 3.8) is 0 Å². The highest BCUT2D eigenvalue weighted by molar-refractivity contribution is 7.26. The lowest BCUT2D eigenvalue weighted by molar-refractivity contribution is 0.569. The molecule has 0 saturated heterocycles. The molecule has 0 fully saturated rings. The van der Waals surface area contributed by atoms with Crippen molar-refractivity contribution in [2.45, 2.75) is 52.4 Å². The average molecular weight is 699 g/mol. The van der Waals surface area contributed by atoms with Crippen LogP contribution in [0.5, 0.6) is 0 Å². The zero-order chi connectivity index (χ0) is 35.7. The minimum absolute atomic E-state index is 0.0522. The Hall–Kier alpha value is -5.64. The lowest BCUT2D eigenvalue weighted by Crippen LogP contribution is -2.16. The Balaban J connectivity index is 1.25. The van der Waals surface area contributed by atoms with E-state index < -0.39 is 0 Å². The van der Waals surface area contributed by atoms with Gasteiger partial charge in [-0.25, -0.2) is 0 Å². The molecule has 0 bridgehead atoms. The van der Waals surface area contributed by atoms with Crippen LogP contribution in [-0.4, -0.2) is 8.80 Å². The molecule has 0 saturated carbocycles. The molecule has 12 aromatic rings. The van der Waals surface area contributed by atoms with Gasteiger partial charge in [0.25, 0.3) is 0 Å². The molecular formula is C50H38N2S. The molecule has 12 rings (SSSR count). The number of hydrogen-bond acceptors (Lipinski definition) is 1. The number of aromatic nitrogens is 2. The number of para-hydroxylation sites is 2. The Morgan fingerprint density at radius 2 is 1.00 bits per heavy atom. The van der Waals surface area contributed by atoms with E-state index in [4.69, 9.17) is 0 Å². The van der Waals surface area contributed by atoms with E-state index in [0.29, 0.717) is 0 Å². The summed E-state index contributed by atoms with van der Waals surface area (Å²) in [5.74, 6) is 0. The summed E-state index contributed by atoms with van der Waals surface area (Å²) >= 11 is 1.94. The molecule has 5 heterocycles. The van der Waals surface area contributed by atoms with E-state index in [-0.39, 0.29) is 10.8 Å². The minimum atomic E-state index is 0.0522. The smallest absolute Gasteiger partial charge is 0.0635 e. The highest BCUT2D eigenvalue weighted by Gasteiger charge is 2.26. The molecule has 0 aliphatic heterocycles. The number of fused-ring (bicyclic) bond motifs is 16. The summed E-state index contributed by atoms with van der Waals surface area (Å²) in [6, 6.07) is 46.7. The van der Waals surface area contributed by atoms with Crippen LogP contribution in [0.25, 0.3) is 107 Å². The first-order valence-corrected chi connectivity index (χ1v) is 19.7. The third-order valence-electron chi connectivity index (χ3n) is 12.2. The first-order valence-electron chi connectivity index (χ1n) is 18.9. The van der Waals surface area contributed by atoms with Crippen LogP contribution < -0.4 is 0 Å². The van der Waals surface area contributed by atoms with Crippen molar-refractivity contribution in [3.8, 4) is 11.1 Å². The molecule has 0 N–H and O–H groups in total. The predicted octanol–water partition coefficient (Wildman–Crippen LogP) is 14.6. The first kappa shape index (κ1) is 29.9. The Morgan fingerprint density at radius 1 is 0.396 bits per heavy atom. The lowest BCUT2D eigenvalue weighted by atomic mass is 9.79. The summed E-state index contributed by atoms with van der Waals surface area (Å²) in [6.45, 7) is 14.0. The molecule has 0 aliphatic carbocycles. The SMILES string of the molecule is CC(C)(C)c1cc(-c2ccc3c(c2)c2c4sc5ccccc5c4cc4c5cc6c(cc5n3c42)c2cccc3c4ccccc4n6c32)cc(C(C)(C)C)c1. The average Bonchev–Trinajstić information content (AvgIpc) is 3.93. The van der Waals surface area contributed by atoms with Gasteiger partial charge in [-0.05, 0) is 75.5 Å². The topological polar surface area (TPSA) is 8.82 Å². The van der Waals surface area contributed by atoms with Gasteiger partial charge in [0.15, 0.2) is 0 Å². The molecular weight excluding hydrogens is 661 g/mol. The standard InChI is InChI=1S/C50H38N2S/c1-49(2,3)29-20-28(21-30(23-29)50(4,5)6)27-18-19-41-39(22-27)45-47-37(24-38-32-13-8-10-17-44(32)53-48(38)45)36-26-42-35(25-43(36)52(41)47)34-15-11-14-33-31-12-7-9-16-40(31)51(42)46(33)34/h7-26H,1-6H3. The van der Waals surface area contributed by atoms with Crippen molar-refractivity contribution in [2.24, 2.45) is 0 Å². The molecule has 3 heteroatoms. The Labute approximate surface area is 311 Å². The molecule has 2 nitrogen and oxygen atoms in total. The van der Waals surface area contributed by atoms with Crippen molar-refractivity contribution < 1.29 is 0 Å². The molecule has 0 aliphatic rings. The largest absolute Gasteiger partial charge is 0.308 e. The van der Waals surface area contributed by atoms with Gasteiger partial charge in [-0.3, -0.25) is 0 Å². The Bertz CT molecular complexity index is 3480. The van der Waals surface area contributed by atoms with Crippen LogP contribution in [0.2, 0.25) is 0 Å². The van der Waals surface area contributed by atoms with Gasteiger partial charge in [0.05, 0.1) is 33.1 Å². The molecule has 0 atom stereocenters. The number of thiophene rings is 1. The number of hydrogen-bond donors (Lipinski definition) is 0. The summed E-state index contributed by atoms with van der Waals surface area (Å²) in [7, 11) is 0. The second-order valence-electron chi connectivity index (χ2n) is 17.4. The summed E-state index contributed by atoms with van der Waals surface area (Å²) < 4.78 is 7.83. The van der Waals surface area contributed by atoms with E-state index in [1.165, 1.54) is 119 Å². The van der Waals surface area contributed by atoms with Crippen LogP contribution in [-0.2, 0) is 10.8 Å². The maximum absolute atomic E-state index is 2.58. The lowest BCUT2D eigenvalue weighted by Gasteiger charge is -2.26. The predicted molar refractivity (Wildman–Crippen MR) is 231 cm³/mol. The second-order valence-corrected chi connectivity index (χ2v) is 18.5. The first-order chi connectivity index (χ1) is 25.5. The van der Waals surface area contributed by atoms with Crippen molar-refractivity contribution in [3.05, 3.63) is 132 Å². The molecule has 0 unspecified atom stereocenters. The van der Waals surface area contributed by atoms with Gasteiger partial charge in [-0.2, -0.15) is 0 Å². The third kappa shape index (κ3) is 3.78. The molecule has 0 amide bonds. The zero-order valence-electron chi connectivity index (χ0n) is 30.8. The van der Waals surface area contributed by atoms with Gasteiger partial charge in [-0.1, -0.05) is 120 Å². The summed E-state index contributed by atoms with van der Waals surface area (Å²) in [5, 5.41) is 13.3. The minimum Gasteiger partial charge on any atom is -0.308 e. The molecule has 5 aromatic heterocycles. The Kier molecular flexibility index (Phi) is 5.45. The van der Waals surface area contributed by atoms with Crippen molar-refractivity contribution >= 4 is 108 Å². The molecule has 0 spiro atoms. The van der Waals surface area contributed by atoms with E-state index in [2.05, 4.69) is 172 Å². The van der Waals surface area contributed by atoms with Crippen LogP contribution in [0.4, 0.5) is 0 Å². The summed E-state index contributed by atoms with van der Waals surface area (Å²) in [4.78, 5) is 0. The third-order valence-corrected chi connectivity index (χ3v) is 13.4. The van der Waals surface area contributed by atoms with E-state index in [1.807, 2.05) is 11.3 Å². The fourth-order valence-corrected chi connectivity index (χ4v) is 10.8. The van der Waals surface area contributed by atoms with Gasteiger partial charge < -0.3 is 8.80 Å². The van der Waals surface area contributed by atoms with Crippen LogP contribution in [0, 0.1) is 0 Å². The van der Waals surface area contributed by atoms with Crippen LogP contribution in [0.3, 0.4) is 0 Å². The molecule has 0 radical (unpaired) electrons. The van der Waals surface area contributed by atoms with Crippen LogP contribution in [0.15, 0.2) is 121 Å². The van der Waals surface area contributed by atoms with Crippen LogP contribution in [0.1, 0.15) is 52.7 Å². The van der Waals surface area contributed by atoms with E-state index >= 15 is 0 Å². The van der Waals surface area contributed by atoms with E-state index in [0.717, 1.165) is 0 Å². The highest BCUT2D eigenvalue weighted by Crippen LogP contribution is 2.50. The van der Waals surface area contributed by atoms with Crippen LogP contribution >= 0.6 is 11.3 Å². The van der Waals surface area contributed by atoms with E-state index in [9.17, 15) is 0 Å². The fraction of sp³-hybridized carbons (Fsp3) is 0.160. The summed E-state index contributed by atoms with van der Waals surface area (Å²) in [6.07, 6.45) is 0. The second kappa shape index (κ2) is 9.66. The van der Waals surface area contributed by atoms with Gasteiger partial charge in [-0.15, -0.1) is 11.3 Å². The molecule has 254 valence electrons. The monoisotopic (exact) mass is 698 g/mol. The Morgan fingerprint density at radius 3 is 1.74 bits per heavy atom. The highest BCUT2D eigenvalue weighted by atomic mass is 32.1. The number of nitrogens with zero attached hydrogens (tertiary/aromatic N) is 2. The number of rotatable bonds is 1. The van der Waals surface area contributed by atoms with E-state index in [1.54, 1.807) is 0 Å². The quantitative estimate of drug-likeness (QED) is 0.161. The van der Waals surface area contributed by atoms with Gasteiger partial charge in [0.2, 0.25) is 0 Å². The van der Waals surface area contributed by atoms with Gasteiger partial charge in [0, 0.05) is 63.3 Å². The van der Waals surface area contributed by atoms with Crippen molar-refractivity contribution in [1.82, 2.24) is 8.80 Å². The van der Waals surface area contributed by atoms with Crippen molar-refractivity contribution in [2.75, 3.05) is 0 Å². The molecule has 53 heavy (non-hydrogen) atoms. The van der Waals surface area contributed by atoms with Gasteiger partial charge in [0.1, 0.15) is 0 Å². The fourth-order valence-electron chi connectivity index (χ4n) is 9.54. The molecule has 7 aromatic carbocycles.